The maximum absolute atomic E-state index is 5.33. The largest absolute Gasteiger partial charge is 0.389 e. The molecule has 0 spiro atoms. The summed E-state index contributed by atoms with van der Waals surface area (Å²) in [6.45, 7) is 1.92. The van der Waals surface area contributed by atoms with Gasteiger partial charge < -0.3 is 5.73 Å². The van der Waals surface area contributed by atoms with Gasteiger partial charge in [0.25, 0.3) is 0 Å². The van der Waals surface area contributed by atoms with Gasteiger partial charge in [-0.25, -0.2) is 0 Å². The Bertz CT molecular complexity index is 146. The lowest BCUT2D eigenvalue weighted by Crippen LogP contribution is -1.73. The van der Waals surface area contributed by atoms with Gasteiger partial charge in [0.1, 0.15) is 5.00 Å². The molecule has 0 radical (unpaired) electrons. The number of halogens is 1. The molecule has 2 N–H and O–H groups in total. The molecule has 1 aromatic heterocycles. The van der Waals surface area contributed by atoms with Crippen molar-refractivity contribution in [3.8, 4) is 0 Å². The van der Waals surface area contributed by atoms with Crippen LogP contribution in [0.25, 0.3) is 0 Å². The lowest BCUT2D eigenvalue weighted by atomic mass is 10.5. The summed E-state index contributed by atoms with van der Waals surface area (Å²) < 4.78 is 3.93. The summed E-state index contributed by atoms with van der Waals surface area (Å²) in [6, 6.07) is 1.85. The molecule has 0 aromatic carbocycles. The highest BCUT2D eigenvalue weighted by Gasteiger charge is 1.87. The molecule has 0 atom stereocenters. The number of rotatable bonds is 0. The van der Waals surface area contributed by atoms with Gasteiger partial charge in [0.15, 0.2) is 0 Å². The van der Waals surface area contributed by atoms with Gasteiger partial charge in [0, 0.05) is 0 Å². The van der Waals surface area contributed by atoms with E-state index in [0.29, 0.717) is 0 Å². The van der Waals surface area contributed by atoms with Crippen molar-refractivity contribution in [1.82, 2.24) is 4.37 Å². The highest BCUT2D eigenvalue weighted by atomic mass is 35.5. The van der Waals surface area contributed by atoms with Gasteiger partial charge in [0.05, 0.1) is 5.69 Å². The molecule has 0 aliphatic heterocycles. The molecule has 1 heterocycles. The summed E-state index contributed by atoms with van der Waals surface area (Å²) in [5.74, 6) is 0. The van der Waals surface area contributed by atoms with Crippen molar-refractivity contribution in [1.29, 1.82) is 0 Å². The fourth-order valence-corrected chi connectivity index (χ4v) is 0.909. The first-order valence-corrected chi connectivity index (χ1v) is 2.75. The number of nitrogens with zero attached hydrogens (tertiary/aromatic N) is 1. The SMILES string of the molecule is Cc1cc(N)sn1.Cl. The van der Waals surface area contributed by atoms with E-state index in [-0.39, 0.29) is 12.4 Å². The van der Waals surface area contributed by atoms with Crippen LogP contribution in [0.5, 0.6) is 0 Å². The summed E-state index contributed by atoms with van der Waals surface area (Å²) in [6.07, 6.45) is 0. The Morgan fingerprint density at radius 1 is 1.75 bits per heavy atom. The quantitative estimate of drug-likeness (QED) is 0.608. The maximum atomic E-state index is 5.33. The molecule has 0 saturated carbocycles. The minimum Gasteiger partial charge on any atom is -0.389 e. The third kappa shape index (κ3) is 1.68. The Labute approximate surface area is 58.3 Å². The molecule has 8 heavy (non-hydrogen) atoms. The maximum Gasteiger partial charge on any atom is 0.107 e. The minimum absolute atomic E-state index is 0. The zero-order chi connectivity index (χ0) is 5.28. The predicted octanol–water partition coefficient (Wildman–Crippen LogP) is 1.46. The van der Waals surface area contributed by atoms with E-state index in [0.717, 1.165) is 10.7 Å². The molecular formula is C4H7ClN2S. The number of hydrogen-bond acceptors (Lipinski definition) is 3. The summed E-state index contributed by atoms with van der Waals surface area (Å²) in [4.78, 5) is 0. The van der Waals surface area contributed by atoms with E-state index in [1.807, 2.05) is 13.0 Å². The van der Waals surface area contributed by atoms with Gasteiger partial charge in [-0.3, -0.25) is 0 Å². The van der Waals surface area contributed by atoms with Crippen LogP contribution < -0.4 is 5.73 Å². The number of nitrogen functional groups attached to an aromatic ring is 1. The van der Waals surface area contributed by atoms with Crippen molar-refractivity contribution < 1.29 is 0 Å². The highest BCUT2D eigenvalue weighted by molar-refractivity contribution is 7.09. The van der Waals surface area contributed by atoms with Crippen LogP contribution in [0.2, 0.25) is 0 Å². The summed E-state index contributed by atoms with van der Waals surface area (Å²) in [5.41, 5.74) is 6.34. The van der Waals surface area contributed by atoms with E-state index in [9.17, 15) is 0 Å². The molecule has 1 aromatic rings. The van der Waals surface area contributed by atoms with Crippen LogP contribution in [0.4, 0.5) is 5.00 Å². The Kier molecular flexibility index (Phi) is 2.79. The molecule has 0 aliphatic rings. The van der Waals surface area contributed by atoms with E-state index < -0.39 is 0 Å². The van der Waals surface area contributed by atoms with Crippen molar-refractivity contribution in [2.75, 3.05) is 5.73 Å². The second kappa shape index (κ2) is 2.89. The van der Waals surface area contributed by atoms with E-state index in [2.05, 4.69) is 4.37 Å². The average Bonchev–Trinajstić information content (AvgIpc) is 1.87. The Morgan fingerprint density at radius 3 is 2.50 bits per heavy atom. The first-order chi connectivity index (χ1) is 3.29. The van der Waals surface area contributed by atoms with Crippen LogP contribution in [0.15, 0.2) is 6.07 Å². The van der Waals surface area contributed by atoms with E-state index in [1.54, 1.807) is 0 Å². The lowest BCUT2D eigenvalue weighted by molar-refractivity contribution is 1.35. The van der Waals surface area contributed by atoms with Crippen molar-refractivity contribution in [2.24, 2.45) is 0 Å². The monoisotopic (exact) mass is 150 g/mol. The van der Waals surface area contributed by atoms with Crippen molar-refractivity contribution in [3.63, 3.8) is 0 Å². The minimum atomic E-state index is 0. The summed E-state index contributed by atoms with van der Waals surface area (Å²) in [5, 5.41) is 0.789. The molecule has 4 heteroatoms. The van der Waals surface area contributed by atoms with Crippen LogP contribution in [-0.4, -0.2) is 4.37 Å². The van der Waals surface area contributed by atoms with Gasteiger partial charge in [-0.2, -0.15) is 4.37 Å². The van der Waals surface area contributed by atoms with Gasteiger partial charge in [-0.15, -0.1) is 12.4 Å². The first-order valence-electron chi connectivity index (χ1n) is 1.98. The predicted molar refractivity (Wildman–Crippen MR) is 38.5 cm³/mol. The summed E-state index contributed by atoms with van der Waals surface area (Å²) >= 11 is 1.33. The number of nitrogens with two attached hydrogens (primary N) is 1. The number of anilines is 1. The van der Waals surface area contributed by atoms with E-state index in [4.69, 9.17) is 5.73 Å². The van der Waals surface area contributed by atoms with Gasteiger partial charge in [-0.05, 0) is 24.5 Å². The topological polar surface area (TPSA) is 38.9 Å². The third-order valence-corrected chi connectivity index (χ3v) is 1.35. The van der Waals surface area contributed by atoms with Gasteiger partial charge >= 0.3 is 0 Å². The number of aryl methyl sites for hydroxylation is 1. The highest BCUT2D eigenvalue weighted by Crippen LogP contribution is 2.08. The lowest BCUT2D eigenvalue weighted by Gasteiger charge is -1.68. The second-order valence-electron chi connectivity index (χ2n) is 1.37. The van der Waals surface area contributed by atoms with Crippen LogP contribution >= 0.6 is 23.9 Å². The zero-order valence-electron chi connectivity index (χ0n) is 4.42. The molecule has 0 saturated heterocycles. The van der Waals surface area contributed by atoms with Crippen molar-refractivity contribution in [2.45, 2.75) is 6.92 Å². The van der Waals surface area contributed by atoms with Gasteiger partial charge in [0.2, 0.25) is 0 Å². The zero-order valence-corrected chi connectivity index (χ0v) is 6.05. The molecule has 0 bridgehead atoms. The van der Waals surface area contributed by atoms with Crippen LogP contribution in [0.1, 0.15) is 5.69 Å². The number of hydrogen-bond donors (Lipinski definition) is 1. The molecule has 46 valence electrons. The molecule has 2 nitrogen and oxygen atoms in total. The van der Waals surface area contributed by atoms with Crippen LogP contribution in [0.3, 0.4) is 0 Å². The second-order valence-corrected chi connectivity index (χ2v) is 2.21. The molecule has 0 amide bonds. The third-order valence-electron chi connectivity index (χ3n) is 0.646. The fraction of sp³-hybridized carbons (Fsp3) is 0.250. The fourth-order valence-electron chi connectivity index (χ4n) is 0.383. The summed E-state index contributed by atoms with van der Waals surface area (Å²) in [7, 11) is 0. The van der Waals surface area contributed by atoms with Crippen molar-refractivity contribution in [3.05, 3.63) is 11.8 Å². The molecule has 0 aliphatic carbocycles. The molecule has 0 fully saturated rings. The number of aromatic nitrogens is 1. The molecular weight excluding hydrogens is 144 g/mol. The normalized spacial score (nSPS) is 8.12. The van der Waals surface area contributed by atoms with Crippen LogP contribution in [-0.2, 0) is 0 Å². The van der Waals surface area contributed by atoms with Gasteiger partial charge in [-0.1, -0.05) is 0 Å². The van der Waals surface area contributed by atoms with E-state index in [1.165, 1.54) is 11.5 Å². The van der Waals surface area contributed by atoms with Crippen molar-refractivity contribution >= 4 is 28.9 Å². The smallest absolute Gasteiger partial charge is 0.107 e. The average molecular weight is 151 g/mol. The Hall–Kier alpha value is -0.280. The first kappa shape index (κ1) is 7.72. The Morgan fingerprint density at radius 2 is 2.38 bits per heavy atom. The standard InChI is InChI=1S/C4H6N2S.ClH/c1-3-2-4(5)7-6-3;/h2H,5H2,1H3;1H. The van der Waals surface area contributed by atoms with Crippen LogP contribution in [0, 0.1) is 6.92 Å². The molecule has 1 rings (SSSR count). The Balaban J connectivity index is 0.000000490. The molecule has 0 unspecified atom stereocenters. The van der Waals surface area contributed by atoms with E-state index >= 15 is 0 Å².